The molecular weight excluding hydrogens is 254 g/mol. The molecule has 0 bridgehead atoms. The Kier molecular flexibility index (Phi) is 3.67. The number of rotatable bonds is 2. The lowest BCUT2D eigenvalue weighted by molar-refractivity contribution is 0.930. The van der Waals surface area contributed by atoms with Crippen molar-refractivity contribution in [2.45, 2.75) is 40.5 Å². The van der Waals surface area contributed by atoms with Crippen LogP contribution in [0.5, 0.6) is 0 Å². The summed E-state index contributed by atoms with van der Waals surface area (Å²) in [5.74, 6) is 0. The fraction of sp³-hybridized carbons (Fsp3) is 0.350. The van der Waals surface area contributed by atoms with Gasteiger partial charge in [0.15, 0.2) is 0 Å². The molecule has 1 aliphatic rings. The van der Waals surface area contributed by atoms with E-state index in [9.17, 15) is 0 Å². The highest BCUT2D eigenvalue weighted by molar-refractivity contribution is 6.04. The van der Waals surface area contributed by atoms with E-state index in [1.807, 2.05) is 0 Å². The fourth-order valence-electron chi connectivity index (χ4n) is 3.01. The van der Waals surface area contributed by atoms with Gasteiger partial charge in [0.1, 0.15) is 0 Å². The zero-order valence-electron chi connectivity index (χ0n) is 13.5. The highest BCUT2D eigenvalue weighted by Crippen LogP contribution is 2.23. The molecule has 0 N–H and O–H groups in total. The lowest BCUT2D eigenvalue weighted by Gasteiger charge is -2.19. The van der Waals surface area contributed by atoms with Gasteiger partial charge in [-0.3, -0.25) is 4.99 Å². The Morgan fingerprint density at radius 2 is 1.57 bits per heavy atom. The van der Waals surface area contributed by atoms with E-state index in [0.29, 0.717) is 0 Å². The molecule has 2 aromatic rings. The summed E-state index contributed by atoms with van der Waals surface area (Å²) in [5, 5.41) is 0. The molecule has 0 fully saturated rings. The zero-order valence-corrected chi connectivity index (χ0v) is 13.5. The second kappa shape index (κ2) is 5.48. The van der Waals surface area contributed by atoms with E-state index >= 15 is 0 Å². The van der Waals surface area contributed by atoms with Gasteiger partial charge in [-0.25, -0.2) is 0 Å². The molecule has 0 atom stereocenters. The molecule has 1 aliphatic heterocycles. The molecule has 0 saturated carbocycles. The molecule has 0 saturated heterocycles. The lowest BCUT2D eigenvalue weighted by Crippen LogP contribution is -2.16. The predicted octanol–water partition coefficient (Wildman–Crippen LogP) is 4.51. The zero-order chi connectivity index (χ0) is 15.0. The van der Waals surface area contributed by atoms with E-state index in [2.05, 4.69) is 58.0 Å². The van der Waals surface area contributed by atoms with Crippen molar-refractivity contribution < 1.29 is 0 Å². The average Bonchev–Trinajstić information content (AvgIpc) is 2.45. The van der Waals surface area contributed by atoms with Crippen LogP contribution >= 0.6 is 0 Å². The van der Waals surface area contributed by atoms with Crippen LogP contribution in [-0.4, -0.2) is 12.3 Å². The first-order valence-electron chi connectivity index (χ1n) is 7.74. The van der Waals surface area contributed by atoms with Crippen LogP contribution in [0.4, 0.5) is 0 Å². The van der Waals surface area contributed by atoms with Gasteiger partial charge in [-0.15, -0.1) is 0 Å². The van der Waals surface area contributed by atoms with Gasteiger partial charge in [-0.1, -0.05) is 24.3 Å². The Morgan fingerprint density at radius 1 is 0.857 bits per heavy atom. The molecule has 1 nitrogen and oxygen atoms in total. The maximum atomic E-state index is 4.81. The summed E-state index contributed by atoms with van der Waals surface area (Å²) in [6.45, 7) is 9.67. The van der Waals surface area contributed by atoms with Gasteiger partial charge in [0.2, 0.25) is 0 Å². The van der Waals surface area contributed by atoms with Crippen LogP contribution in [0.1, 0.15) is 38.9 Å². The standard InChI is InChI=1S/C20H23N/c1-13-5-6-17(9-14(13)2)12-20-19-11-16(4)15(3)10-18(19)7-8-21-20/h5-6,9-11H,7-8,12H2,1-4H3. The molecule has 1 heterocycles. The maximum absolute atomic E-state index is 4.81. The molecule has 0 unspecified atom stereocenters. The van der Waals surface area contributed by atoms with Gasteiger partial charge >= 0.3 is 0 Å². The summed E-state index contributed by atoms with van der Waals surface area (Å²) in [7, 11) is 0. The molecule has 21 heavy (non-hydrogen) atoms. The number of fused-ring (bicyclic) bond motifs is 1. The number of benzene rings is 2. The third-order valence-electron chi connectivity index (χ3n) is 4.66. The molecule has 0 aromatic heterocycles. The number of nitrogens with zero attached hydrogens (tertiary/aromatic N) is 1. The highest BCUT2D eigenvalue weighted by Gasteiger charge is 2.15. The summed E-state index contributed by atoms with van der Waals surface area (Å²) in [6, 6.07) is 11.4. The van der Waals surface area contributed by atoms with Crippen LogP contribution in [0.3, 0.4) is 0 Å². The number of hydrogen-bond donors (Lipinski definition) is 0. The van der Waals surface area contributed by atoms with Crippen molar-refractivity contribution >= 4 is 5.71 Å². The van der Waals surface area contributed by atoms with Gasteiger partial charge in [-0.05, 0) is 79.1 Å². The first kappa shape index (κ1) is 14.1. The molecule has 108 valence electrons. The molecule has 0 spiro atoms. The van der Waals surface area contributed by atoms with Gasteiger partial charge in [0, 0.05) is 18.7 Å². The normalized spacial score (nSPS) is 13.8. The van der Waals surface area contributed by atoms with Gasteiger partial charge in [0.25, 0.3) is 0 Å². The van der Waals surface area contributed by atoms with E-state index in [1.165, 1.54) is 44.7 Å². The molecule has 3 rings (SSSR count). The molecular formula is C20H23N. The van der Waals surface area contributed by atoms with Crippen molar-refractivity contribution in [3.8, 4) is 0 Å². The number of aryl methyl sites for hydroxylation is 4. The first-order chi connectivity index (χ1) is 10.0. The maximum Gasteiger partial charge on any atom is 0.0467 e. The Balaban J connectivity index is 1.95. The SMILES string of the molecule is Cc1ccc(CC2=NCCc3cc(C)c(C)cc32)cc1C. The largest absolute Gasteiger partial charge is 0.288 e. The molecule has 0 amide bonds. The summed E-state index contributed by atoms with van der Waals surface area (Å²) >= 11 is 0. The van der Waals surface area contributed by atoms with E-state index in [4.69, 9.17) is 4.99 Å². The van der Waals surface area contributed by atoms with Crippen LogP contribution < -0.4 is 0 Å². The van der Waals surface area contributed by atoms with E-state index in [1.54, 1.807) is 0 Å². The smallest absolute Gasteiger partial charge is 0.0467 e. The van der Waals surface area contributed by atoms with Gasteiger partial charge in [0.05, 0.1) is 0 Å². The minimum atomic E-state index is 0.926. The van der Waals surface area contributed by atoms with E-state index in [-0.39, 0.29) is 0 Å². The van der Waals surface area contributed by atoms with Crippen LogP contribution in [0.25, 0.3) is 0 Å². The van der Waals surface area contributed by atoms with Crippen molar-refractivity contribution in [1.29, 1.82) is 0 Å². The quantitative estimate of drug-likeness (QED) is 0.766. The predicted molar refractivity (Wildman–Crippen MR) is 90.6 cm³/mol. The number of aliphatic imine (C=N–C) groups is 1. The Bertz CT molecular complexity index is 723. The van der Waals surface area contributed by atoms with Gasteiger partial charge < -0.3 is 0 Å². The third-order valence-corrected chi connectivity index (χ3v) is 4.66. The highest BCUT2D eigenvalue weighted by atomic mass is 14.7. The van der Waals surface area contributed by atoms with E-state index < -0.39 is 0 Å². The van der Waals surface area contributed by atoms with Crippen molar-refractivity contribution in [3.63, 3.8) is 0 Å². The minimum absolute atomic E-state index is 0.926. The molecule has 0 radical (unpaired) electrons. The fourth-order valence-corrected chi connectivity index (χ4v) is 3.01. The molecule has 0 aliphatic carbocycles. The summed E-state index contributed by atoms with van der Waals surface area (Å²) < 4.78 is 0. The van der Waals surface area contributed by atoms with Crippen LogP contribution in [0.15, 0.2) is 35.3 Å². The second-order valence-electron chi connectivity index (χ2n) is 6.27. The average molecular weight is 277 g/mol. The van der Waals surface area contributed by atoms with Crippen LogP contribution in [0, 0.1) is 27.7 Å². The summed E-state index contributed by atoms with van der Waals surface area (Å²) in [6.07, 6.45) is 2.02. The molecule has 2 aromatic carbocycles. The van der Waals surface area contributed by atoms with Crippen molar-refractivity contribution in [3.05, 3.63) is 69.3 Å². The summed E-state index contributed by atoms with van der Waals surface area (Å²) in [4.78, 5) is 4.81. The number of hydrogen-bond acceptors (Lipinski definition) is 1. The topological polar surface area (TPSA) is 12.4 Å². The van der Waals surface area contributed by atoms with Crippen molar-refractivity contribution in [2.75, 3.05) is 6.54 Å². The van der Waals surface area contributed by atoms with Gasteiger partial charge in [-0.2, -0.15) is 0 Å². The Hall–Kier alpha value is -1.89. The van der Waals surface area contributed by atoms with Crippen molar-refractivity contribution in [2.24, 2.45) is 4.99 Å². The lowest BCUT2D eigenvalue weighted by atomic mass is 9.90. The Labute approximate surface area is 127 Å². The minimum Gasteiger partial charge on any atom is -0.288 e. The summed E-state index contributed by atoms with van der Waals surface area (Å²) in [5.41, 5.74) is 10.9. The first-order valence-corrected chi connectivity index (χ1v) is 7.74. The van der Waals surface area contributed by atoms with E-state index in [0.717, 1.165) is 19.4 Å². The molecule has 1 heteroatoms. The van der Waals surface area contributed by atoms with Crippen LogP contribution in [-0.2, 0) is 12.8 Å². The second-order valence-corrected chi connectivity index (χ2v) is 6.27. The third kappa shape index (κ3) is 2.78. The monoisotopic (exact) mass is 277 g/mol. The Morgan fingerprint density at radius 3 is 2.33 bits per heavy atom. The van der Waals surface area contributed by atoms with Crippen LogP contribution in [0.2, 0.25) is 0 Å². The van der Waals surface area contributed by atoms with Crippen molar-refractivity contribution in [1.82, 2.24) is 0 Å².